The molecule has 2 atom stereocenters. The first-order valence-corrected chi connectivity index (χ1v) is 9.47. The molecule has 0 bridgehead atoms. The molecular formula is C20H37N3O4. The molecule has 1 unspecified atom stereocenters. The van der Waals surface area contributed by atoms with Crippen LogP contribution in [0.25, 0.3) is 0 Å². The van der Waals surface area contributed by atoms with Gasteiger partial charge < -0.3 is 10.6 Å². The van der Waals surface area contributed by atoms with Crippen LogP contribution in [0.15, 0.2) is 12.3 Å². The van der Waals surface area contributed by atoms with Crippen molar-refractivity contribution in [1.82, 2.24) is 15.7 Å². The summed E-state index contributed by atoms with van der Waals surface area (Å²) in [6.07, 6.45) is 0.904. The molecular weight excluding hydrogens is 346 g/mol. The standard InChI is InChI=1S/C20H37N3O4/c1-12(2)10-11-15(19(26)23(27)14(5)6)17(24)22-16(20(7,8)9)18(25)21-13(3)4/h12-13,15-16,27H,5,10-11H2,1-4,6-9H3,(H,21,25)(H,22,24)/t15-,16?/m0/s1. The molecule has 0 aliphatic carbocycles. The summed E-state index contributed by atoms with van der Waals surface area (Å²) in [6, 6.07) is -0.882. The number of allylic oxidation sites excluding steroid dienone is 1. The van der Waals surface area contributed by atoms with Gasteiger partial charge in [0.15, 0.2) is 0 Å². The van der Waals surface area contributed by atoms with E-state index in [2.05, 4.69) is 17.2 Å². The lowest BCUT2D eigenvalue weighted by atomic mass is 9.85. The van der Waals surface area contributed by atoms with Crippen LogP contribution in [-0.2, 0) is 14.4 Å². The molecule has 156 valence electrons. The number of hydrogen-bond donors (Lipinski definition) is 3. The highest BCUT2D eigenvalue weighted by Crippen LogP contribution is 2.22. The van der Waals surface area contributed by atoms with Crippen molar-refractivity contribution in [3.05, 3.63) is 12.3 Å². The Labute approximate surface area is 163 Å². The van der Waals surface area contributed by atoms with Crippen molar-refractivity contribution in [2.75, 3.05) is 0 Å². The van der Waals surface area contributed by atoms with Crippen LogP contribution in [0, 0.1) is 17.3 Å². The Morgan fingerprint density at radius 3 is 1.89 bits per heavy atom. The third-order valence-corrected chi connectivity index (χ3v) is 4.06. The first-order valence-electron chi connectivity index (χ1n) is 9.47. The van der Waals surface area contributed by atoms with Crippen LogP contribution in [0.4, 0.5) is 0 Å². The third kappa shape index (κ3) is 8.56. The molecule has 0 saturated carbocycles. The molecule has 0 aromatic heterocycles. The minimum atomic E-state index is -1.09. The van der Waals surface area contributed by atoms with Crippen LogP contribution < -0.4 is 10.6 Å². The zero-order chi connectivity index (χ0) is 21.5. The van der Waals surface area contributed by atoms with Gasteiger partial charge in [0.1, 0.15) is 12.0 Å². The van der Waals surface area contributed by atoms with Gasteiger partial charge >= 0.3 is 0 Å². The van der Waals surface area contributed by atoms with Gasteiger partial charge in [-0.2, -0.15) is 5.06 Å². The molecule has 7 heteroatoms. The molecule has 0 aliphatic heterocycles. The fourth-order valence-corrected chi connectivity index (χ4v) is 2.49. The van der Waals surface area contributed by atoms with Crippen LogP contribution in [0.2, 0.25) is 0 Å². The van der Waals surface area contributed by atoms with Crippen LogP contribution >= 0.6 is 0 Å². The maximum absolute atomic E-state index is 12.9. The highest BCUT2D eigenvalue weighted by molar-refractivity contribution is 6.02. The SMILES string of the molecule is C=C(C)N(O)C(=O)[C@@H](CCC(C)C)C(=O)NC(C(=O)NC(C)C)C(C)(C)C. The van der Waals surface area contributed by atoms with E-state index in [0.717, 1.165) is 0 Å². The number of nitrogens with one attached hydrogen (secondary N) is 2. The van der Waals surface area contributed by atoms with Gasteiger partial charge in [-0.3, -0.25) is 19.6 Å². The van der Waals surface area contributed by atoms with Crippen LogP contribution in [0.1, 0.15) is 68.2 Å². The Balaban J connectivity index is 5.56. The van der Waals surface area contributed by atoms with Crippen molar-refractivity contribution in [2.45, 2.75) is 80.3 Å². The lowest BCUT2D eigenvalue weighted by molar-refractivity contribution is -0.165. The lowest BCUT2D eigenvalue weighted by Gasteiger charge is -2.32. The summed E-state index contributed by atoms with van der Waals surface area (Å²) in [5, 5.41) is 15.9. The van der Waals surface area contributed by atoms with E-state index in [9.17, 15) is 19.6 Å². The van der Waals surface area contributed by atoms with Crippen molar-refractivity contribution in [2.24, 2.45) is 17.3 Å². The Bertz CT molecular complexity index is 550. The zero-order valence-corrected chi connectivity index (χ0v) is 18.0. The van der Waals surface area contributed by atoms with E-state index in [4.69, 9.17) is 0 Å². The summed E-state index contributed by atoms with van der Waals surface area (Å²) in [6.45, 7) is 18.2. The minimum absolute atomic E-state index is 0.0750. The predicted octanol–water partition coefficient (Wildman–Crippen LogP) is 2.85. The van der Waals surface area contributed by atoms with Crippen molar-refractivity contribution in [3.8, 4) is 0 Å². The van der Waals surface area contributed by atoms with Crippen LogP contribution in [0.5, 0.6) is 0 Å². The average Bonchev–Trinajstić information content (AvgIpc) is 2.49. The van der Waals surface area contributed by atoms with Gasteiger partial charge in [-0.25, -0.2) is 0 Å². The number of rotatable bonds is 9. The molecule has 0 spiro atoms. The quantitative estimate of drug-likeness (QED) is 0.324. The number of carbonyl (C=O) groups excluding carboxylic acids is 3. The summed E-state index contributed by atoms with van der Waals surface area (Å²) in [7, 11) is 0. The number of amides is 3. The van der Waals surface area contributed by atoms with Gasteiger partial charge in [-0.05, 0) is 44.9 Å². The second-order valence-corrected chi connectivity index (χ2v) is 8.88. The normalized spacial score (nSPS) is 13.9. The fourth-order valence-electron chi connectivity index (χ4n) is 2.49. The molecule has 0 radical (unpaired) electrons. The molecule has 0 aromatic carbocycles. The number of hydroxylamine groups is 2. The Morgan fingerprint density at radius 1 is 1.00 bits per heavy atom. The van der Waals surface area contributed by atoms with Gasteiger partial charge in [-0.15, -0.1) is 0 Å². The van der Waals surface area contributed by atoms with Gasteiger partial charge in [-0.1, -0.05) is 41.2 Å². The molecule has 0 aliphatic rings. The van der Waals surface area contributed by atoms with Crippen molar-refractivity contribution < 1.29 is 19.6 Å². The highest BCUT2D eigenvalue weighted by Gasteiger charge is 2.37. The fraction of sp³-hybridized carbons (Fsp3) is 0.750. The van der Waals surface area contributed by atoms with Gasteiger partial charge in [0.25, 0.3) is 5.91 Å². The second-order valence-electron chi connectivity index (χ2n) is 8.88. The number of nitrogens with zero attached hydrogens (tertiary/aromatic N) is 1. The molecule has 0 saturated heterocycles. The topological polar surface area (TPSA) is 98.7 Å². The maximum Gasteiger partial charge on any atom is 0.262 e. The molecule has 0 heterocycles. The minimum Gasteiger partial charge on any atom is -0.352 e. The molecule has 0 rings (SSSR count). The summed E-state index contributed by atoms with van der Waals surface area (Å²) >= 11 is 0. The summed E-state index contributed by atoms with van der Waals surface area (Å²) in [5.41, 5.74) is -0.416. The van der Waals surface area contributed by atoms with E-state index in [1.54, 1.807) is 0 Å². The van der Waals surface area contributed by atoms with Gasteiger partial charge in [0, 0.05) is 11.7 Å². The van der Waals surface area contributed by atoms with Crippen molar-refractivity contribution in [1.29, 1.82) is 0 Å². The van der Waals surface area contributed by atoms with E-state index in [0.29, 0.717) is 11.5 Å². The average molecular weight is 384 g/mol. The summed E-state index contributed by atoms with van der Waals surface area (Å²) < 4.78 is 0. The molecule has 7 nitrogen and oxygen atoms in total. The highest BCUT2D eigenvalue weighted by atomic mass is 16.5. The third-order valence-electron chi connectivity index (χ3n) is 4.06. The van der Waals surface area contributed by atoms with Crippen LogP contribution in [0.3, 0.4) is 0 Å². The largest absolute Gasteiger partial charge is 0.352 e. The van der Waals surface area contributed by atoms with E-state index in [1.807, 2.05) is 48.5 Å². The molecule has 3 N–H and O–H groups in total. The maximum atomic E-state index is 12.9. The summed E-state index contributed by atoms with van der Waals surface area (Å²) in [4.78, 5) is 38.0. The van der Waals surface area contributed by atoms with E-state index < -0.39 is 29.2 Å². The van der Waals surface area contributed by atoms with E-state index >= 15 is 0 Å². The molecule has 3 amide bonds. The first-order chi connectivity index (χ1) is 12.2. The lowest BCUT2D eigenvalue weighted by Crippen LogP contribution is -2.57. The Morgan fingerprint density at radius 2 is 1.52 bits per heavy atom. The van der Waals surface area contributed by atoms with Crippen molar-refractivity contribution >= 4 is 17.7 Å². The van der Waals surface area contributed by atoms with E-state index in [-0.39, 0.29) is 30.0 Å². The molecule has 0 fully saturated rings. The monoisotopic (exact) mass is 383 g/mol. The number of hydrogen-bond acceptors (Lipinski definition) is 4. The zero-order valence-electron chi connectivity index (χ0n) is 18.0. The van der Waals surface area contributed by atoms with Crippen LogP contribution in [-0.4, -0.2) is 40.1 Å². The first kappa shape index (κ1) is 25.1. The van der Waals surface area contributed by atoms with E-state index in [1.165, 1.54) is 6.92 Å². The molecule has 0 aromatic rings. The Hall–Kier alpha value is -1.89. The second kappa shape index (κ2) is 10.4. The van der Waals surface area contributed by atoms with Gasteiger partial charge in [0.05, 0.1) is 0 Å². The molecule has 27 heavy (non-hydrogen) atoms. The Kier molecular flexibility index (Phi) is 9.71. The van der Waals surface area contributed by atoms with Gasteiger partial charge in [0.2, 0.25) is 11.8 Å². The smallest absolute Gasteiger partial charge is 0.262 e. The number of carbonyl (C=O) groups is 3. The summed E-state index contributed by atoms with van der Waals surface area (Å²) in [5.74, 6) is -2.42. The predicted molar refractivity (Wildman–Crippen MR) is 106 cm³/mol. The van der Waals surface area contributed by atoms with Crippen molar-refractivity contribution in [3.63, 3.8) is 0 Å².